The van der Waals surface area contributed by atoms with Crippen molar-refractivity contribution in [2.24, 2.45) is 0 Å². The minimum atomic E-state index is -4.50. The Labute approximate surface area is 191 Å². The van der Waals surface area contributed by atoms with Gasteiger partial charge in [0.25, 0.3) is 20.0 Å². The fraction of sp³-hybridized carbons (Fsp3) is 0. The average Bonchev–Trinajstić information content (AvgIpc) is 2.85. The van der Waals surface area contributed by atoms with Crippen LogP contribution in [0.25, 0.3) is 21.7 Å². The molecule has 0 aliphatic carbocycles. The van der Waals surface area contributed by atoms with E-state index in [1.807, 2.05) is 18.2 Å². The number of pyridine rings is 1. The Morgan fingerprint density at radius 3 is 1.70 bits per heavy atom. The van der Waals surface area contributed by atoms with E-state index < -0.39 is 20.0 Å². The number of hydrogen-bond acceptors (Lipinski definition) is 5. The maximum atomic E-state index is 13.9. The first-order valence-corrected chi connectivity index (χ1v) is 13.0. The molecule has 0 bridgehead atoms. The lowest BCUT2D eigenvalue weighted by molar-refractivity contribution is 0.584. The molecule has 5 aromatic rings. The van der Waals surface area contributed by atoms with Gasteiger partial charge in [-0.15, -0.1) is 0 Å². The van der Waals surface area contributed by atoms with E-state index in [9.17, 15) is 16.8 Å². The Morgan fingerprint density at radius 1 is 0.576 bits per heavy atom. The molecular weight excluding hydrogens is 456 g/mol. The molecule has 0 aliphatic heterocycles. The van der Waals surface area contributed by atoms with Gasteiger partial charge in [0.2, 0.25) is 0 Å². The first-order valence-electron chi connectivity index (χ1n) is 10.1. The molecule has 8 heteroatoms. The van der Waals surface area contributed by atoms with Crippen LogP contribution in [0.15, 0.2) is 119 Å². The zero-order valence-electron chi connectivity index (χ0n) is 17.2. The monoisotopic (exact) mass is 474 g/mol. The van der Waals surface area contributed by atoms with Gasteiger partial charge >= 0.3 is 0 Å². The number of anilines is 1. The van der Waals surface area contributed by atoms with Gasteiger partial charge < -0.3 is 0 Å². The molecule has 0 amide bonds. The highest BCUT2D eigenvalue weighted by molar-refractivity contribution is 8.10. The average molecular weight is 475 g/mol. The van der Waals surface area contributed by atoms with Crippen LogP contribution in [0.1, 0.15) is 0 Å². The molecule has 0 unspecified atom stereocenters. The van der Waals surface area contributed by atoms with Crippen molar-refractivity contribution in [1.82, 2.24) is 4.98 Å². The summed E-state index contributed by atoms with van der Waals surface area (Å²) in [4.78, 5) is 4.19. The van der Waals surface area contributed by atoms with Gasteiger partial charge in [-0.05, 0) is 47.9 Å². The summed E-state index contributed by atoms with van der Waals surface area (Å²) in [5, 5.41) is 1.89. The van der Waals surface area contributed by atoms with E-state index in [-0.39, 0.29) is 15.5 Å². The van der Waals surface area contributed by atoms with E-state index >= 15 is 0 Å². The van der Waals surface area contributed by atoms with Gasteiger partial charge in [0, 0.05) is 17.0 Å². The summed E-state index contributed by atoms with van der Waals surface area (Å²) in [6.07, 6.45) is 1.60. The van der Waals surface area contributed by atoms with Crippen LogP contribution in [0.4, 0.5) is 5.69 Å². The number of rotatable bonds is 5. The SMILES string of the molecule is O=S(=O)(c1ccccc1)N(c1cc2ccccc2c2ncccc12)S(=O)(=O)c1ccccc1. The van der Waals surface area contributed by atoms with Gasteiger partial charge in [0.1, 0.15) is 0 Å². The van der Waals surface area contributed by atoms with Crippen molar-refractivity contribution in [3.8, 4) is 0 Å². The van der Waals surface area contributed by atoms with Crippen molar-refractivity contribution in [3.63, 3.8) is 0 Å². The van der Waals surface area contributed by atoms with Crippen molar-refractivity contribution in [2.45, 2.75) is 9.79 Å². The molecular formula is C25H18N2O4S2. The van der Waals surface area contributed by atoms with Crippen LogP contribution >= 0.6 is 0 Å². The third-order valence-corrected chi connectivity index (χ3v) is 9.49. The van der Waals surface area contributed by atoms with E-state index in [0.717, 1.165) is 5.39 Å². The van der Waals surface area contributed by atoms with Crippen molar-refractivity contribution >= 4 is 47.4 Å². The molecule has 4 aromatic carbocycles. The van der Waals surface area contributed by atoms with E-state index in [4.69, 9.17) is 0 Å². The summed E-state index contributed by atoms with van der Waals surface area (Å²) in [6.45, 7) is 0. The molecule has 0 spiro atoms. The normalized spacial score (nSPS) is 12.1. The predicted octanol–water partition coefficient (Wildman–Crippen LogP) is 4.97. The molecule has 33 heavy (non-hydrogen) atoms. The van der Waals surface area contributed by atoms with Gasteiger partial charge in [-0.3, -0.25) is 4.98 Å². The molecule has 0 N–H and O–H groups in total. The Morgan fingerprint density at radius 2 is 1.09 bits per heavy atom. The van der Waals surface area contributed by atoms with Crippen molar-refractivity contribution < 1.29 is 16.8 Å². The fourth-order valence-corrected chi connectivity index (χ4v) is 7.56. The predicted molar refractivity (Wildman–Crippen MR) is 129 cm³/mol. The third-order valence-electron chi connectivity index (χ3n) is 5.31. The van der Waals surface area contributed by atoms with Crippen LogP contribution in [-0.4, -0.2) is 21.8 Å². The highest BCUT2D eigenvalue weighted by Crippen LogP contribution is 2.38. The summed E-state index contributed by atoms with van der Waals surface area (Å²) in [5.41, 5.74) is 0.534. The molecule has 5 rings (SSSR count). The van der Waals surface area contributed by atoms with Gasteiger partial charge in [0.15, 0.2) is 0 Å². The third kappa shape index (κ3) is 3.53. The topological polar surface area (TPSA) is 84.4 Å². The molecule has 0 radical (unpaired) electrons. The summed E-state index contributed by atoms with van der Waals surface area (Å²) >= 11 is 0. The Hall–Kier alpha value is -3.75. The zero-order valence-corrected chi connectivity index (χ0v) is 18.9. The smallest absolute Gasteiger partial charge is 0.256 e. The number of fused-ring (bicyclic) bond motifs is 3. The number of nitrogens with zero attached hydrogens (tertiary/aromatic N) is 2. The van der Waals surface area contributed by atoms with Crippen LogP contribution in [0, 0.1) is 0 Å². The largest absolute Gasteiger partial charge is 0.277 e. The molecule has 0 atom stereocenters. The Bertz CT molecular complexity index is 1620. The molecule has 6 nitrogen and oxygen atoms in total. The maximum absolute atomic E-state index is 13.9. The van der Waals surface area contributed by atoms with Crippen LogP contribution in [0.3, 0.4) is 0 Å². The molecule has 1 aromatic heterocycles. The Kier molecular flexibility index (Phi) is 5.11. The van der Waals surface area contributed by atoms with Crippen molar-refractivity contribution in [1.29, 1.82) is 0 Å². The lowest BCUT2D eigenvalue weighted by Gasteiger charge is -2.26. The highest BCUT2D eigenvalue weighted by atomic mass is 32.3. The molecule has 1 heterocycles. The quantitative estimate of drug-likeness (QED) is 0.336. The molecule has 0 saturated carbocycles. The number of hydrogen-bond donors (Lipinski definition) is 0. The van der Waals surface area contributed by atoms with Gasteiger partial charge in [-0.2, -0.15) is 3.71 Å². The number of sulfonamides is 2. The highest BCUT2D eigenvalue weighted by Gasteiger charge is 2.38. The standard InChI is InChI=1S/C25H18N2O4S2/c28-32(29,20-11-3-1-4-12-20)27(33(30,31)21-13-5-2-6-14-21)24-18-19-10-7-8-15-22(19)25-23(24)16-9-17-26-25/h1-18H. The van der Waals surface area contributed by atoms with E-state index in [2.05, 4.69) is 4.98 Å². The van der Waals surface area contributed by atoms with E-state index in [0.29, 0.717) is 20.0 Å². The summed E-state index contributed by atoms with van der Waals surface area (Å²) in [6, 6.07) is 27.3. The minimum Gasteiger partial charge on any atom is -0.256 e. The second kappa shape index (κ2) is 7.99. The van der Waals surface area contributed by atoms with Crippen LogP contribution < -0.4 is 3.71 Å². The van der Waals surface area contributed by atoms with E-state index in [1.165, 1.54) is 24.3 Å². The molecule has 0 fully saturated rings. The molecule has 0 saturated heterocycles. The summed E-state index contributed by atoms with van der Waals surface area (Å²) in [7, 11) is -9.00. The maximum Gasteiger partial charge on any atom is 0.277 e. The summed E-state index contributed by atoms with van der Waals surface area (Å²) < 4.78 is 56.0. The molecule has 164 valence electrons. The summed E-state index contributed by atoms with van der Waals surface area (Å²) in [5.74, 6) is 0. The van der Waals surface area contributed by atoms with Crippen molar-refractivity contribution in [2.75, 3.05) is 3.71 Å². The van der Waals surface area contributed by atoms with Gasteiger partial charge in [0.05, 0.1) is 21.0 Å². The zero-order chi connectivity index (χ0) is 23.1. The first-order chi connectivity index (χ1) is 15.9. The fourth-order valence-electron chi connectivity index (χ4n) is 3.81. The van der Waals surface area contributed by atoms with Crippen LogP contribution in [0.5, 0.6) is 0 Å². The Balaban J connectivity index is 1.91. The van der Waals surface area contributed by atoms with Crippen LogP contribution in [-0.2, 0) is 20.0 Å². The minimum absolute atomic E-state index is 0.0181. The lowest BCUT2D eigenvalue weighted by Crippen LogP contribution is -2.37. The van der Waals surface area contributed by atoms with Gasteiger partial charge in [-0.25, -0.2) is 16.8 Å². The lowest BCUT2D eigenvalue weighted by atomic mass is 10.0. The first kappa shape index (κ1) is 21.1. The molecule has 0 aliphatic rings. The van der Waals surface area contributed by atoms with E-state index in [1.54, 1.807) is 66.9 Å². The van der Waals surface area contributed by atoms with Crippen LogP contribution in [0.2, 0.25) is 0 Å². The second-order valence-electron chi connectivity index (χ2n) is 7.35. The number of aromatic nitrogens is 1. The van der Waals surface area contributed by atoms with Crippen molar-refractivity contribution in [3.05, 3.63) is 109 Å². The number of benzene rings is 4. The second-order valence-corrected chi connectivity index (χ2v) is 11.2. The van der Waals surface area contributed by atoms with Gasteiger partial charge in [-0.1, -0.05) is 60.7 Å².